The van der Waals surface area contributed by atoms with Crippen molar-refractivity contribution in [1.82, 2.24) is 4.98 Å². The minimum Gasteiger partial charge on any atom is -0.481 e. The molecule has 1 heterocycles. The molecular formula is C14H15NO. The maximum atomic E-state index is 5.21. The van der Waals surface area contributed by atoms with Crippen LogP contribution < -0.4 is 4.74 Å². The molecule has 2 rings (SSSR count). The van der Waals surface area contributed by atoms with Gasteiger partial charge in [-0.25, -0.2) is 4.98 Å². The van der Waals surface area contributed by atoms with Crippen LogP contribution in [0.5, 0.6) is 5.88 Å². The first kappa shape index (κ1) is 10.7. The van der Waals surface area contributed by atoms with Crippen molar-refractivity contribution in [2.45, 2.75) is 13.8 Å². The van der Waals surface area contributed by atoms with Crippen molar-refractivity contribution < 1.29 is 4.74 Å². The number of aromatic nitrogens is 1. The van der Waals surface area contributed by atoms with Crippen molar-refractivity contribution in [2.75, 3.05) is 7.11 Å². The van der Waals surface area contributed by atoms with E-state index in [1.54, 1.807) is 7.11 Å². The topological polar surface area (TPSA) is 22.1 Å². The molecule has 0 aliphatic heterocycles. The molecular weight excluding hydrogens is 198 g/mol. The summed E-state index contributed by atoms with van der Waals surface area (Å²) in [6.45, 7) is 4.13. The van der Waals surface area contributed by atoms with E-state index in [4.69, 9.17) is 4.74 Å². The standard InChI is InChI=1S/C14H15NO/c1-10-11(2)14(16-3)15-9-13(10)12-7-5-4-6-8-12/h4-9H,1-3H3. The van der Waals surface area contributed by atoms with Crippen LogP contribution in [0.4, 0.5) is 0 Å². The van der Waals surface area contributed by atoms with Crippen molar-refractivity contribution in [2.24, 2.45) is 0 Å². The molecule has 0 radical (unpaired) electrons. The highest BCUT2D eigenvalue weighted by Gasteiger charge is 2.08. The molecule has 0 aliphatic carbocycles. The van der Waals surface area contributed by atoms with Gasteiger partial charge in [0.1, 0.15) is 0 Å². The van der Waals surface area contributed by atoms with Gasteiger partial charge >= 0.3 is 0 Å². The second kappa shape index (κ2) is 4.35. The molecule has 2 heteroatoms. The van der Waals surface area contributed by atoms with Crippen molar-refractivity contribution in [3.05, 3.63) is 47.7 Å². The van der Waals surface area contributed by atoms with Crippen LogP contribution in [0.3, 0.4) is 0 Å². The molecule has 0 saturated heterocycles. The number of pyridine rings is 1. The fourth-order valence-electron chi connectivity index (χ4n) is 1.79. The molecule has 0 spiro atoms. The van der Waals surface area contributed by atoms with Gasteiger partial charge in [-0.3, -0.25) is 0 Å². The lowest BCUT2D eigenvalue weighted by Crippen LogP contribution is -1.96. The summed E-state index contributed by atoms with van der Waals surface area (Å²) in [6.07, 6.45) is 1.87. The van der Waals surface area contributed by atoms with E-state index in [-0.39, 0.29) is 0 Å². The highest BCUT2D eigenvalue weighted by molar-refractivity contribution is 5.68. The molecule has 2 aromatic rings. The zero-order valence-corrected chi connectivity index (χ0v) is 9.82. The fraction of sp³-hybridized carbons (Fsp3) is 0.214. The first-order chi connectivity index (χ1) is 7.74. The number of benzene rings is 1. The van der Waals surface area contributed by atoms with Gasteiger partial charge in [0.05, 0.1) is 7.11 Å². The Hall–Kier alpha value is -1.83. The van der Waals surface area contributed by atoms with Crippen molar-refractivity contribution >= 4 is 0 Å². The lowest BCUT2D eigenvalue weighted by Gasteiger charge is -2.11. The van der Waals surface area contributed by atoms with Gasteiger partial charge in [-0.1, -0.05) is 30.3 Å². The summed E-state index contributed by atoms with van der Waals surface area (Å²) in [5, 5.41) is 0. The van der Waals surface area contributed by atoms with Crippen LogP contribution in [0.25, 0.3) is 11.1 Å². The Balaban J connectivity index is 2.56. The van der Waals surface area contributed by atoms with Gasteiger partial charge < -0.3 is 4.74 Å². The van der Waals surface area contributed by atoms with Crippen LogP contribution in [-0.2, 0) is 0 Å². The first-order valence-corrected chi connectivity index (χ1v) is 5.29. The van der Waals surface area contributed by atoms with E-state index in [1.165, 1.54) is 16.7 Å². The monoisotopic (exact) mass is 213 g/mol. The molecule has 0 bridgehead atoms. The Bertz CT molecular complexity index is 492. The summed E-state index contributed by atoms with van der Waals surface area (Å²) < 4.78 is 5.21. The van der Waals surface area contributed by atoms with Crippen LogP contribution in [-0.4, -0.2) is 12.1 Å². The second-order valence-electron chi connectivity index (χ2n) is 3.80. The number of nitrogens with zero attached hydrogens (tertiary/aromatic N) is 1. The highest BCUT2D eigenvalue weighted by atomic mass is 16.5. The van der Waals surface area contributed by atoms with Gasteiger partial charge in [0.25, 0.3) is 0 Å². The number of hydrogen-bond acceptors (Lipinski definition) is 2. The largest absolute Gasteiger partial charge is 0.481 e. The number of methoxy groups -OCH3 is 1. The summed E-state index contributed by atoms with van der Waals surface area (Å²) in [4.78, 5) is 4.31. The van der Waals surface area contributed by atoms with E-state index in [1.807, 2.05) is 31.3 Å². The predicted molar refractivity (Wildman–Crippen MR) is 65.7 cm³/mol. The van der Waals surface area contributed by atoms with Crippen molar-refractivity contribution in [1.29, 1.82) is 0 Å². The zero-order valence-electron chi connectivity index (χ0n) is 9.82. The maximum absolute atomic E-state index is 5.21. The van der Waals surface area contributed by atoms with Crippen molar-refractivity contribution in [3.8, 4) is 17.0 Å². The van der Waals surface area contributed by atoms with Gasteiger partial charge in [-0.15, -0.1) is 0 Å². The van der Waals surface area contributed by atoms with E-state index >= 15 is 0 Å². The van der Waals surface area contributed by atoms with Gasteiger partial charge in [-0.05, 0) is 25.0 Å². The third kappa shape index (κ3) is 1.78. The SMILES string of the molecule is COc1ncc(-c2ccccc2)c(C)c1C. The van der Waals surface area contributed by atoms with Gasteiger partial charge in [0.15, 0.2) is 0 Å². The quantitative estimate of drug-likeness (QED) is 0.763. The van der Waals surface area contributed by atoms with Gasteiger partial charge in [-0.2, -0.15) is 0 Å². The highest BCUT2D eigenvalue weighted by Crippen LogP contribution is 2.28. The molecule has 0 saturated carbocycles. The average molecular weight is 213 g/mol. The Labute approximate surface area is 95.9 Å². The third-order valence-corrected chi connectivity index (χ3v) is 2.88. The number of rotatable bonds is 2. The molecule has 0 atom stereocenters. The molecule has 0 N–H and O–H groups in total. The average Bonchev–Trinajstić information content (AvgIpc) is 2.34. The van der Waals surface area contributed by atoms with Crippen LogP contribution >= 0.6 is 0 Å². The van der Waals surface area contributed by atoms with E-state index in [9.17, 15) is 0 Å². The van der Waals surface area contributed by atoms with Crippen LogP contribution in [0.2, 0.25) is 0 Å². The minimum atomic E-state index is 0.706. The van der Waals surface area contributed by atoms with E-state index in [0.717, 1.165) is 5.56 Å². The fourth-order valence-corrected chi connectivity index (χ4v) is 1.79. The summed E-state index contributed by atoms with van der Waals surface area (Å²) in [7, 11) is 1.65. The van der Waals surface area contributed by atoms with Crippen LogP contribution in [0.1, 0.15) is 11.1 Å². The lowest BCUT2D eigenvalue weighted by molar-refractivity contribution is 0.394. The van der Waals surface area contributed by atoms with Crippen LogP contribution in [0.15, 0.2) is 36.5 Å². The molecule has 0 aliphatic rings. The second-order valence-corrected chi connectivity index (χ2v) is 3.80. The number of ether oxygens (including phenoxy) is 1. The molecule has 0 amide bonds. The van der Waals surface area contributed by atoms with E-state index < -0.39 is 0 Å². The Kier molecular flexibility index (Phi) is 2.91. The van der Waals surface area contributed by atoms with Gasteiger partial charge in [0.2, 0.25) is 5.88 Å². The Morgan fingerprint density at radius 3 is 2.31 bits per heavy atom. The maximum Gasteiger partial charge on any atom is 0.216 e. The molecule has 1 aromatic carbocycles. The smallest absolute Gasteiger partial charge is 0.216 e. The molecule has 16 heavy (non-hydrogen) atoms. The molecule has 82 valence electrons. The van der Waals surface area contributed by atoms with E-state index in [0.29, 0.717) is 5.88 Å². The summed E-state index contributed by atoms with van der Waals surface area (Å²) in [5.41, 5.74) is 4.68. The molecule has 1 aromatic heterocycles. The molecule has 0 unspecified atom stereocenters. The zero-order chi connectivity index (χ0) is 11.5. The third-order valence-electron chi connectivity index (χ3n) is 2.88. The lowest BCUT2D eigenvalue weighted by atomic mass is 10.00. The van der Waals surface area contributed by atoms with Crippen LogP contribution in [0, 0.1) is 13.8 Å². The van der Waals surface area contributed by atoms with Crippen molar-refractivity contribution in [3.63, 3.8) is 0 Å². The molecule has 2 nitrogen and oxygen atoms in total. The summed E-state index contributed by atoms with van der Waals surface area (Å²) >= 11 is 0. The molecule has 0 fully saturated rings. The Morgan fingerprint density at radius 2 is 1.69 bits per heavy atom. The van der Waals surface area contributed by atoms with E-state index in [2.05, 4.69) is 24.0 Å². The normalized spacial score (nSPS) is 10.2. The number of hydrogen-bond donors (Lipinski definition) is 0. The predicted octanol–water partition coefficient (Wildman–Crippen LogP) is 3.37. The summed E-state index contributed by atoms with van der Waals surface area (Å²) in [5.74, 6) is 0.706. The van der Waals surface area contributed by atoms with Gasteiger partial charge in [0, 0.05) is 17.3 Å². The Morgan fingerprint density at radius 1 is 1.00 bits per heavy atom. The summed E-state index contributed by atoms with van der Waals surface area (Å²) in [6, 6.07) is 10.3. The minimum absolute atomic E-state index is 0.706. The first-order valence-electron chi connectivity index (χ1n) is 5.29.